The number of aliphatic imine (C=N–C) groups is 1. The van der Waals surface area contributed by atoms with Gasteiger partial charge in [-0.25, -0.2) is 0 Å². The standard InChI is InChI=1S/C19H32N4O2.HI/c1-16-6-5-7-17(14-16)25-11-8-21-18(20-4)22-15-19(2,3)23-9-12-24-13-10-23;/h5-7,14H,8-13,15H2,1-4H3,(H2,20,21,22);1H. The molecule has 1 aromatic rings. The fourth-order valence-corrected chi connectivity index (χ4v) is 2.84. The molecule has 148 valence electrons. The minimum absolute atomic E-state index is 0. The molecular weight excluding hydrogens is 443 g/mol. The van der Waals surface area contributed by atoms with E-state index in [1.165, 1.54) is 5.56 Å². The van der Waals surface area contributed by atoms with Gasteiger partial charge < -0.3 is 20.1 Å². The molecule has 2 N–H and O–H groups in total. The molecule has 26 heavy (non-hydrogen) atoms. The van der Waals surface area contributed by atoms with Gasteiger partial charge in [0.25, 0.3) is 0 Å². The van der Waals surface area contributed by atoms with E-state index < -0.39 is 0 Å². The predicted octanol–water partition coefficient (Wildman–Crippen LogP) is 2.27. The van der Waals surface area contributed by atoms with Gasteiger partial charge in [0.1, 0.15) is 12.4 Å². The molecule has 0 atom stereocenters. The highest BCUT2D eigenvalue weighted by Crippen LogP contribution is 2.15. The third-order valence-corrected chi connectivity index (χ3v) is 4.43. The molecule has 1 aliphatic rings. The van der Waals surface area contributed by atoms with Crippen molar-refractivity contribution < 1.29 is 9.47 Å². The molecule has 1 saturated heterocycles. The van der Waals surface area contributed by atoms with E-state index >= 15 is 0 Å². The van der Waals surface area contributed by atoms with Crippen LogP contribution in [0.2, 0.25) is 0 Å². The minimum Gasteiger partial charge on any atom is -0.492 e. The first-order valence-corrected chi connectivity index (χ1v) is 8.98. The Bertz CT molecular complexity index is 560. The average Bonchev–Trinajstić information content (AvgIpc) is 2.62. The van der Waals surface area contributed by atoms with Crippen LogP contribution in [0.5, 0.6) is 5.75 Å². The Morgan fingerprint density at radius 1 is 1.27 bits per heavy atom. The fourth-order valence-electron chi connectivity index (χ4n) is 2.84. The number of halogens is 1. The predicted molar refractivity (Wildman–Crippen MR) is 118 cm³/mol. The molecule has 1 aliphatic heterocycles. The summed E-state index contributed by atoms with van der Waals surface area (Å²) < 4.78 is 11.2. The smallest absolute Gasteiger partial charge is 0.191 e. The maximum absolute atomic E-state index is 5.75. The number of morpholine rings is 1. The van der Waals surface area contributed by atoms with Crippen LogP contribution >= 0.6 is 24.0 Å². The van der Waals surface area contributed by atoms with Crippen molar-refractivity contribution in [2.45, 2.75) is 26.3 Å². The molecule has 0 saturated carbocycles. The van der Waals surface area contributed by atoms with Crippen molar-refractivity contribution in [2.24, 2.45) is 4.99 Å². The minimum atomic E-state index is 0. The van der Waals surface area contributed by atoms with Crippen LogP contribution < -0.4 is 15.4 Å². The van der Waals surface area contributed by atoms with Gasteiger partial charge in [-0.1, -0.05) is 12.1 Å². The number of nitrogens with zero attached hydrogens (tertiary/aromatic N) is 2. The van der Waals surface area contributed by atoms with Crippen LogP contribution in [0.25, 0.3) is 0 Å². The van der Waals surface area contributed by atoms with Gasteiger partial charge in [-0.2, -0.15) is 0 Å². The lowest BCUT2D eigenvalue weighted by Crippen LogP contribution is -2.56. The molecule has 0 aromatic heterocycles. The molecule has 1 heterocycles. The molecule has 0 spiro atoms. The highest BCUT2D eigenvalue weighted by Gasteiger charge is 2.28. The first-order valence-electron chi connectivity index (χ1n) is 8.98. The van der Waals surface area contributed by atoms with Gasteiger partial charge in [0.15, 0.2) is 5.96 Å². The highest BCUT2D eigenvalue weighted by molar-refractivity contribution is 14.0. The van der Waals surface area contributed by atoms with Crippen molar-refractivity contribution in [3.63, 3.8) is 0 Å². The fraction of sp³-hybridized carbons (Fsp3) is 0.632. The average molecular weight is 476 g/mol. The summed E-state index contributed by atoms with van der Waals surface area (Å²) in [5, 5.41) is 6.72. The van der Waals surface area contributed by atoms with Crippen LogP contribution in [0.4, 0.5) is 0 Å². The summed E-state index contributed by atoms with van der Waals surface area (Å²) >= 11 is 0. The van der Waals surface area contributed by atoms with Crippen molar-refractivity contribution in [1.29, 1.82) is 0 Å². The van der Waals surface area contributed by atoms with E-state index in [4.69, 9.17) is 9.47 Å². The quantitative estimate of drug-likeness (QED) is 0.274. The molecule has 0 aliphatic carbocycles. The summed E-state index contributed by atoms with van der Waals surface area (Å²) in [5.41, 5.74) is 1.26. The summed E-state index contributed by atoms with van der Waals surface area (Å²) in [7, 11) is 1.79. The summed E-state index contributed by atoms with van der Waals surface area (Å²) in [6.45, 7) is 12.3. The lowest BCUT2D eigenvalue weighted by Gasteiger charge is -2.41. The second kappa shape index (κ2) is 11.6. The van der Waals surface area contributed by atoms with Gasteiger partial charge in [0.2, 0.25) is 0 Å². The molecule has 0 unspecified atom stereocenters. The monoisotopic (exact) mass is 476 g/mol. The normalized spacial score (nSPS) is 15.9. The Hall–Kier alpha value is -1.06. The third-order valence-electron chi connectivity index (χ3n) is 4.43. The lowest BCUT2D eigenvalue weighted by atomic mass is 10.0. The lowest BCUT2D eigenvalue weighted by molar-refractivity contribution is -0.00834. The van der Waals surface area contributed by atoms with E-state index in [1.807, 2.05) is 18.2 Å². The SMILES string of the molecule is CN=C(NCCOc1cccc(C)c1)NCC(C)(C)N1CCOCC1.I. The van der Waals surface area contributed by atoms with E-state index in [9.17, 15) is 0 Å². The number of ether oxygens (including phenoxy) is 2. The number of hydrogen-bond acceptors (Lipinski definition) is 4. The number of nitrogens with one attached hydrogen (secondary N) is 2. The maximum Gasteiger partial charge on any atom is 0.191 e. The van der Waals surface area contributed by atoms with Crippen molar-refractivity contribution in [2.75, 3.05) is 53.0 Å². The van der Waals surface area contributed by atoms with Crippen LogP contribution in [0.15, 0.2) is 29.3 Å². The van der Waals surface area contributed by atoms with Crippen molar-refractivity contribution in [1.82, 2.24) is 15.5 Å². The number of guanidine groups is 1. The molecule has 0 amide bonds. The number of benzene rings is 1. The largest absolute Gasteiger partial charge is 0.492 e. The van der Waals surface area contributed by atoms with E-state index in [1.54, 1.807) is 7.05 Å². The van der Waals surface area contributed by atoms with Crippen molar-refractivity contribution >= 4 is 29.9 Å². The van der Waals surface area contributed by atoms with Gasteiger partial charge in [-0.3, -0.25) is 9.89 Å². The summed E-state index contributed by atoms with van der Waals surface area (Å²) in [6, 6.07) is 8.09. The zero-order chi connectivity index (χ0) is 18.1. The Morgan fingerprint density at radius 3 is 2.65 bits per heavy atom. The summed E-state index contributed by atoms with van der Waals surface area (Å²) in [4.78, 5) is 6.75. The Balaban J connectivity index is 0.00000338. The summed E-state index contributed by atoms with van der Waals surface area (Å²) in [5.74, 6) is 1.70. The van der Waals surface area contributed by atoms with Gasteiger partial charge >= 0.3 is 0 Å². The molecular formula is C19H33IN4O2. The third kappa shape index (κ3) is 7.67. The Morgan fingerprint density at radius 2 is 2.00 bits per heavy atom. The number of hydrogen-bond donors (Lipinski definition) is 2. The van der Waals surface area contributed by atoms with E-state index in [0.717, 1.165) is 44.6 Å². The molecule has 1 fully saturated rings. The van der Waals surface area contributed by atoms with E-state index in [-0.39, 0.29) is 29.5 Å². The zero-order valence-corrected chi connectivity index (χ0v) is 18.7. The molecule has 1 aromatic carbocycles. The highest BCUT2D eigenvalue weighted by atomic mass is 127. The van der Waals surface area contributed by atoms with Gasteiger partial charge in [0, 0.05) is 32.2 Å². The number of aryl methyl sites for hydroxylation is 1. The van der Waals surface area contributed by atoms with E-state index in [2.05, 4.69) is 47.4 Å². The summed E-state index contributed by atoms with van der Waals surface area (Å²) in [6.07, 6.45) is 0. The Labute approximate surface area is 174 Å². The van der Waals surface area contributed by atoms with Crippen LogP contribution in [-0.2, 0) is 4.74 Å². The van der Waals surface area contributed by atoms with Crippen LogP contribution in [0, 0.1) is 6.92 Å². The van der Waals surface area contributed by atoms with Crippen LogP contribution in [-0.4, -0.2) is 69.4 Å². The molecule has 0 radical (unpaired) electrons. The molecule has 0 bridgehead atoms. The second-order valence-electron chi connectivity index (χ2n) is 6.93. The maximum atomic E-state index is 5.75. The number of rotatable bonds is 7. The molecule has 6 nitrogen and oxygen atoms in total. The van der Waals surface area contributed by atoms with Crippen LogP contribution in [0.3, 0.4) is 0 Å². The molecule has 7 heteroatoms. The van der Waals surface area contributed by atoms with Crippen molar-refractivity contribution in [3.8, 4) is 5.75 Å². The molecule has 2 rings (SSSR count). The zero-order valence-electron chi connectivity index (χ0n) is 16.4. The van der Waals surface area contributed by atoms with Crippen LogP contribution in [0.1, 0.15) is 19.4 Å². The van der Waals surface area contributed by atoms with E-state index in [0.29, 0.717) is 13.2 Å². The topological polar surface area (TPSA) is 58.1 Å². The van der Waals surface area contributed by atoms with Crippen molar-refractivity contribution in [3.05, 3.63) is 29.8 Å². The van der Waals surface area contributed by atoms with Gasteiger partial charge in [-0.05, 0) is 38.5 Å². The van der Waals surface area contributed by atoms with Gasteiger partial charge in [0.05, 0.1) is 19.8 Å². The van der Waals surface area contributed by atoms with Gasteiger partial charge in [-0.15, -0.1) is 24.0 Å². The first kappa shape index (κ1) is 23.0. The second-order valence-corrected chi connectivity index (χ2v) is 6.93. The Kier molecular flexibility index (Phi) is 10.3. The first-order chi connectivity index (χ1) is 12.0.